The molecule has 4 heteroatoms. The molecule has 4 nitrogen and oxygen atoms in total. The van der Waals surface area contributed by atoms with Gasteiger partial charge in [-0.25, -0.2) is 4.79 Å². The Hall–Kier alpha value is -2.23. The van der Waals surface area contributed by atoms with Crippen LogP contribution < -0.4 is 0 Å². The van der Waals surface area contributed by atoms with Crippen LogP contribution >= 0.6 is 0 Å². The maximum Gasteiger partial charge on any atom is 0.356 e. The number of aryl methyl sites for hydroxylation is 1. The van der Waals surface area contributed by atoms with Crippen molar-refractivity contribution in [2.75, 3.05) is 0 Å². The van der Waals surface area contributed by atoms with Gasteiger partial charge in [0.05, 0.1) is 5.69 Å². The molecular weight excluding hydrogens is 228 g/mol. The van der Waals surface area contributed by atoms with Crippen LogP contribution in [0.15, 0.2) is 24.3 Å². The lowest BCUT2D eigenvalue weighted by Gasteiger charge is -2.10. The van der Waals surface area contributed by atoms with Crippen molar-refractivity contribution in [3.8, 4) is 11.3 Å². The van der Waals surface area contributed by atoms with Crippen molar-refractivity contribution in [3.05, 3.63) is 46.6 Å². The van der Waals surface area contributed by atoms with E-state index in [2.05, 4.69) is 24.0 Å². The minimum absolute atomic E-state index is 0.0414. The van der Waals surface area contributed by atoms with Crippen LogP contribution in [0.3, 0.4) is 0 Å². The Kier molecular flexibility index (Phi) is 3.10. The first-order valence-electron chi connectivity index (χ1n) is 5.65. The van der Waals surface area contributed by atoms with E-state index < -0.39 is 5.97 Å². The van der Waals surface area contributed by atoms with Gasteiger partial charge in [0, 0.05) is 5.56 Å². The third-order valence-corrected chi connectivity index (χ3v) is 3.22. The van der Waals surface area contributed by atoms with Crippen LogP contribution in [0.4, 0.5) is 0 Å². The van der Waals surface area contributed by atoms with E-state index in [-0.39, 0.29) is 5.69 Å². The highest BCUT2D eigenvalue weighted by Crippen LogP contribution is 2.25. The normalized spacial score (nSPS) is 10.4. The Balaban J connectivity index is 2.49. The van der Waals surface area contributed by atoms with Gasteiger partial charge in [0.25, 0.3) is 0 Å². The van der Waals surface area contributed by atoms with E-state index in [0.717, 1.165) is 11.1 Å². The standard InChI is InChI=1S/C14H14N2O2/c1-8-4-5-11(10(3)9(8)2)12-6-7-13(14(17)18)16-15-12/h4-7H,1-3H3,(H,17,18). The minimum atomic E-state index is -1.06. The van der Waals surface area contributed by atoms with Gasteiger partial charge in [-0.1, -0.05) is 12.1 Å². The van der Waals surface area contributed by atoms with Crippen molar-refractivity contribution in [1.82, 2.24) is 10.2 Å². The first kappa shape index (κ1) is 12.2. The molecule has 0 aliphatic heterocycles. The minimum Gasteiger partial charge on any atom is -0.476 e. The fourth-order valence-electron chi connectivity index (χ4n) is 1.82. The summed E-state index contributed by atoms with van der Waals surface area (Å²) >= 11 is 0. The molecule has 0 amide bonds. The highest BCUT2D eigenvalue weighted by Gasteiger charge is 2.10. The molecule has 0 atom stereocenters. The molecule has 1 heterocycles. The summed E-state index contributed by atoms with van der Waals surface area (Å²) in [6, 6.07) is 7.18. The largest absolute Gasteiger partial charge is 0.476 e. The van der Waals surface area contributed by atoms with Gasteiger partial charge >= 0.3 is 5.97 Å². The molecule has 2 aromatic rings. The number of rotatable bonds is 2. The molecule has 1 aromatic carbocycles. The number of carboxylic acid groups (broad SMARTS) is 1. The quantitative estimate of drug-likeness (QED) is 0.879. The van der Waals surface area contributed by atoms with Crippen LogP contribution in [-0.4, -0.2) is 21.3 Å². The summed E-state index contributed by atoms with van der Waals surface area (Å²) in [5.41, 5.74) is 5.23. The topological polar surface area (TPSA) is 63.1 Å². The summed E-state index contributed by atoms with van der Waals surface area (Å²) < 4.78 is 0. The number of aromatic nitrogens is 2. The van der Waals surface area contributed by atoms with Crippen molar-refractivity contribution in [2.24, 2.45) is 0 Å². The van der Waals surface area contributed by atoms with Crippen LogP contribution in [0, 0.1) is 20.8 Å². The first-order valence-corrected chi connectivity index (χ1v) is 5.65. The monoisotopic (exact) mass is 242 g/mol. The highest BCUT2D eigenvalue weighted by molar-refractivity contribution is 5.85. The van der Waals surface area contributed by atoms with Gasteiger partial charge in [0.15, 0.2) is 5.69 Å². The lowest BCUT2D eigenvalue weighted by molar-refractivity contribution is 0.0689. The highest BCUT2D eigenvalue weighted by atomic mass is 16.4. The van der Waals surface area contributed by atoms with E-state index >= 15 is 0 Å². The zero-order valence-corrected chi connectivity index (χ0v) is 10.6. The molecular formula is C14H14N2O2. The molecule has 1 N–H and O–H groups in total. The average Bonchev–Trinajstić information content (AvgIpc) is 2.36. The van der Waals surface area contributed by atoms with E-state index in [0.29, 0.717) is 5.69 Å². The van der Waals surface area contributed by atoms with Crippen LogP contribution in [0.5, 0.6) is 0 Å². The lowest BCUT2D eigenvalue weighted by Crippen LogP contribution is -2.02. The smallest absolute Gasteiger partial charge is 0.356 e. The number of carboxylic acids is 1. The molecule has 92 valence electrons. The summed E-state index contributed by atoms with van der Waals surface area (Å²) in [5, 5.41) is 16.4. The van der Waals surface area contributed by atoms with Crippen LogP contribution in [-0.2, 0) is 0 Å². The third-order valence-electron chi connectivity index (χ3n) is 3.22. The van der Waals surface area contributed by atoms with Crippen LogP contribution in [0.25, 0.3) is 11.3 Å². The molecule has 0 spiro atoms. The number of hydrogen-bond donors (Lipinski definition) is 1. The van der Waals surface area contributed by atoms with Gasteiger partial charge in [-0.15, -0.1) is 10.2 Å². The summed E-state index contributed by atoms with van der Waals surface area (Å²) in [5.74, 6) is -1.06. The van der Waals surface area contributed by atoms with E-state index in [1.165, 1.54) is 17.2 Å². The molecule has 18 heavy (non-hydrogen) atoms. The van der Waals surface area contributed by atoms with Crippen molar-refractivity contribution in [3.63, 3.8) is 0 Å². The molecule has 1 aromatic heterocycles. The van der Waals surface area contributed by atoms with Crippen molar-refractivity contribution in [2.45, 2.75) is 20.8 Å². The van der Waals surface area contributed by atoms with Crippen LogP contribution in [0.2, 0.25) is 0 Å². The number of benzene rings is 1. The lowest BCUT2D eigenvalue weighted by atomic mass is 9.97. The first-order chi connectivity index (χ1) is 8.50. The maximum absolute atomic E-state index is 10.7. The second-order valence-corrected chi connectivity index (χ2v) is 4.29. The van der Waals surface area contributed by atoms with E-state index in [9.17, 15) is 4.79 Å². The van der Waals surface area contributed by atoms with Gasteiger partial charge < -0.3 is 5.11 Å². The van der Waals surface area contributed by atoms with Crippen molar-refractivity contribution >= 4 is 5.97 Å². The molecule has 0 aliphatic carbocycles. The molecule has 2 rings (SSSR count). The average molecular weight is 242 g/mol. The molecule has 0 saturated carbocycles. The molecule has 0 fully saturated rings. The third kappa shape index (κ3) is 2.09. The molecule has 0 saturated heterocycles. The van der Waals surface area contributed by atoms with Crippen molar-refractivity contribution in [1.29, 1.82) is 0 Å². The Morgan fingerprint density at radius 1 is 1.00 bits per heavy atom. The van der Waals surface area contributed by atoms with Gasteiger partial charge in [0.1, 0.15) is 0 Å². The molecule has 0 aliphatic rings. The van der Waals surface area contributed by atoms with Crippen molar-refractivity contribution < 1.29 is 9.90 Å². The fraction of sp³-hybridized carbons (Fsp3) is 0.214. The molecule has 0 unspecified atom stereocenters. The zero-order chi connectivity index (χ0) is 13.3. The molecule has 0 radical (unpaired) electrons. The Morgan fingerprint density at radius 2 is 1.72 bits per heavy atom. The number of aromatic carboxylic acids is 1. The number of hydrogen-bond acceptors (Lipinski definition) is 3. The summed E-state index contributed by atoms with van der Waals surface area (Å²) in [4.78, 5) is 10.7. The summed E-state index contributed by atoms with van der Waals surface area (Å²) in [6.45, 7) is 6.16. The zero-order valence-electron chi connectivity index (χ0n) is 10.6. The van der Waals surface area contributed by atoms with Gasteiger partial charge in [-0.3, -0.25) is 0 Å². The predicted octanol–water partition coefficient (Wildman–Crippen LogP) is 2.77. The number of carbonyl (C=O) groups is 1. The Bertz CT molecular complexity index is 604. The second kappa shape index (κ2) is 4.56. The summed E-state index contributed by atoms with van der Waals surface area (Å²) in [6.07, 6.45) is 0. The van der Waals surface area contributed by atoms with Gasteiger partial charge in [-0.05, 0) is 49.6 Å². The maximum atomic E-state index is 10.7. The van der Waals surface area contributed by atoms with E-state index in [1.807, 2.05) is 19.1 Å². The van der Waals surface area contributed by atoms with Gasteiger partial charge in [-0.2, -0.15) is 0 Å². The Labute approximate surface area is 105 Å². The van der Waals surface area contributed by atoms with E-state index in [4.69, 9.17) is 5.11 Å². The predicted molar refractivity (Wildman–Crippen MR) is 68.6 cm³/mol. The Morgan fingerprint density at radius 3 is 2.28 bits per heavy atom. The van der Waals surface area contributed by atoms with Crippen LogP contribution in [0.1, 0.15) is 27.2 Å². The second-order valence-electron chi connectivity index (χ2n) is 4.29. The van der Waals surface area contributed by atoms with E-state index in [1.54, 1.807) is 6.07 Å². The fourth-order valence-corrected chi connectivity index (χ4v) is 1.82. The number of nitrogens with zero attached hydrogens (tertiary/aromatic N) is 2. The van der Waals surface area contributed by atoms with Gasteiger partial charge in [0.2, 0.25) is 0 Å². The summed E-state index contributed by atoms with van der Waals surface area (Å²) in [7, 11) is 0. The molecule has 0 bridgehead atoms. The SMILES string of the molecule is Cc1ccc(-c2ccc(C(=O)O)nn2)c(C)c1C.